The van der Waals surface area contributed by atoms with Gasteiger partial charge in [-0.1, -0.05) is 60.7 Å². The maximum absolute atomic E-state index is 13.8. The van der Waals surface area contributed by atoms with Crippen LogP contribution in [0.3, 0.4) is 0 Å². The van der Waals surface area contributed by atoms with Crippen LogP contribution in [-0.4, -0.2) is 64.7 Å². The van der Waals surface area contributed by atoms with Gasteiger partial charge in [0.25, 0.3) is 0 Å². The molecule has 0 N–H and O–H groups in total. The Kier molecular flexibility index (Phi) is 5.99. The fourth-order valence-electron chi connectivity index (χ4n) is 5.64. The van der Waals surface area contributed by atoms with Crippen LogP contribution in [0.4, 0.5) is 5.82 Å². The predicted molar refractivity (Wildman–Crippen MR) is 141 cm³/mol. The summed E-state index contributed by atoms with van der Waals surface area (Å²) in [6, 6.07) is 23.7. The van der Waals surface area contributed by atoms with Crippen molar-refractivity contribution in [3.63, 3.8) is 0 Å². The third-order valence-corrected chi connectivity index (χ3v) is 7.87. The standard InChI is InChI=1S/C30H30N4O3/c35-27(33-18-16-32(17-19-33)26-8-4-5-15-31-26)20-30(21-28(36)34(29(30)37)25-13-14-25)24-11-9-23(10-12-24)22-6-2-1-3-7-22/h1-12,15,25H,13-14,16-21H2. The fraction of sp³-hybridized carbons (Fsp3) is 0.333. The van der Waals surface area contributed by atoms with Crippen LogP contribution in [0.25, 0.3) is 11.1 Å². The molecule has 1 unspecified atom stereocenters. The van der Waals surface area contributed by atoms with Crippen LogP contribution in [0.5, 0.6) is 0 Å². The van der Waals surface area contributed by atoms with Crippen molar-refractivity contribution in [2.24, 2.45) is 0 Å². The second kappa shape index (κ2) is 9.47. The van der Waals surface area contributed by atoms with Crippen molar-refractivity contribution in [3.8, 4) is 11.1 Å². The molecule has 6 rings (SSSR count). The van der Waals surface area contributed by atoms with E-state index in [1.165, 1.54) is 4.90 Å². The van der Waals surface area contributed by atoms with E-state index in [9.17, 15) is 14.4 Å². The molecule has 0 radical (unpaired) electrons. The fourth-order valence-corrected chi connectivity index (χ4v) is 5.64. The quantitative estimate of drug-likeness (QED) is 0.489. The summed E-state index contributed by atoms with van der Waals surface area (Å²) >= 11 is 0. The van der Waals surface area contributed by atoms with E-state index in [4.69, 9.17) is 0 Å². The van der Waals surface area contributed by atoms with Crippen LogP contribution in [0.1, 0.15) is 31.2 Å². The molecule has 2 aliphatic heterocycles. The Balaban J connectivity index is 1.25. The number of hydrogen-bond donors (Lipinski definition) is 0. The Bertz CT molecular complexity index is 1300. The van der Waals surface area contributed by atoms with E-state index in [2.05, 4.69) is 9.88 Å². The van der Waals surface area contributed by atoms with Gasteiger partial charge in [-0.2, -0.15) is 0 Å². The van der Waals surface area contributed by atoms with Crippen molar-refractivity contribution in [1.29, 1.82) is 0 Å². The van der Waals surface area contributed by atoms with Crippen LogP contribution < -0.4 is 4.90 Å². The van der Waals surface area contributed by atoms with Gasteiger partial charge in [0.05, 0.1) is 5.41 Å². The van der Waals surface area contributed by atoms with Gasteiger partial charge in [-0.05, 0) is 41.7 Å². The van der Waals surface area contributed by atoms with Crippen LogP contribution in [-0.2, 0) is 19.8 Å². The lowest BCUT2D eigenvalue weighted by Gasteiger charge is -2.37. The zero-order valence-electron chi connectivity index (χ0n) is 20.8. The monoisotopic (exact) mass is 494 g/mol. The molecule has 7 heteroatoms. The van der Waals surface area contributed by atoms with Crippen molar-refractivity contribution in [2.45, 2.75) is 37.1 Å². The number of piperazine rings is 1. The summed E-state index contributed by atoms with van der Waals surface area (Å²) in [7, 11) is 0. The summed E-state index contributed by atoms with van der Waals surface area (Å²) in [6.45, 7) is 2.49. The van der Waals surface area contributed by atoms with E-state index in [1.807, 2.05) is 77.7 Å². The predicted octanol–water partition coefficient (Wildman–Crippen LogP) is 3.65. The van der Waals surface area contributed by atoms with Crippen molar-refractivity contribution in [1.82, 2.24) is 14.8 Å². The molecule has 2 saturated heterocycles. The van der Waals surface area contributed by atoms with E-state index >= 15 is 0 Å². The number of nitrogens with zero attached hydrogens (tertiary/aromatic N) is 4. The summed E-state index contributed by atoms with van der Waals surface area (Å²) < 4.78 is 0. The Morgan fingerprint density at radius 2 is 1.51 bits per heavy atom. The molecule has 188 valence electrons. The molecule has 0 spiro atoms. The van der Waals surface area contributed by atoms with Gasteiger partial charge in [0.2, 0.25) is 17.7 Å². The average Bonchev–Trinajstić information content (AvgIpc) is 3.75. The third-order valence-electron chi connectivity index (χ3n) is 7.87. The molecule has 3 aromatic rings. The number of rotatable bonds is 6. The zero-order valence-corrected chi connectivity index (χ0v) is 20.8. The molecule has 0 bridgehead atoms. The number of benzene rings is 2. The number of likely N-dealkylation sites (tertiary alicyclic amines) is 1. The van der Waals surface area contributed by atoms with E-state index in [0.717, 1.165) is 35.3 Å². The van der Waals surface area contributed by atoms with Gasteiger partial charge in [-0.3, -0.25) is 19.3 Å². The van der Waals surface area contributed by atoms with Gasteiger partial charge in [0, 0.05) is 51.3 Å². The Morgan fingerprint density at radius 1 is 0.838 bits per heavy atom. The molecule has 3 amide bonds. The molecule has 1 atom stereocenters. The molecule has 2 aromatic carbocycles. The minimum Gasteiger partial charge on any atom is -0.353 e. The number of amides is 3. The van der Waals surface area contributed by atoms with E-state index in [0.29, 0.717) is 26.2 Å². The topological polar surface area (TPSA) is 73.8 Å². The second-order valence-corrected chi connectivity index (χ2v) is 10.2. The smallest absolute Gasteiger partial charge is 0.241 e. The zero-order chi connectivity index (χ0) is 25.4. The number of aromatic nitrogens is 1. The van der Waals surface area contributed by atoms with E-state index in [-0.39, 0.29) is 36.6 Å². The van der Waals surface area contributed by atoms with Crippen LogP contribution >= 0.6 is 0 Å². The first kappa shape index (κ1) is 23.4. The Labute approximate surface area is 216 Å². The van der Waals surface area contributed by atoms with E-state index in [1.54, 1.807) is 6.20 Å². The lowest BCUT2D eigenvalue weighted by Crippen LogP contribution is -2.51. The minimum atomic E-state index is -1.15. The van der Waals surface area contributed by atoms with Crippen molar-refractivity contribution < 1.29 is 14.4 Å². The lowest BCUT2D eigenvalue weighted by atomic mass is 9.75. The van der Waals surface area contributed by atoms with Crippen LogP contribution in [0.15, 0.2) is 79.0 Å². The average molecular weight is 495 g/mol. The lowest BCUT2D eigenvalue weighted by molar-refractivity contribution is -0.143. The summed E-state index contributed by atoms with van der Waals surface area (Å²) in [4.78, 5) is 50.4. The number of pyridine rings is 1. The summed E-state index contributed by atoms with van der Waals surface area (Å²) in [5.41, 5.74) is 1.71. The molecule has 3 fully saturated rings. The highest BCUT2D eigenvalue weighted by Gasteiger charge is 2.57. The Morgan fingerprint density at radius 3 is 2.16 bits per heavy atom. The van der Waals surface area contributed by atoms with Gasteiger partial charge in [-0.25, -0.2) is 4.98 Å². The molecule has 37 heavy (non-hydrogen) atoms. The minimum absolute atomic E-state index is 0.00899. The maximum atomic E-state index is 13.8. The Hall–Kier alpha value is -4.00. The molecule has 1 aromatic heterocycles. The molecule has 3 aliphatic rings. The second-order valence-electron chi connectivity index (χ2n) is 10.2. The van der Waals surface area contributed by atoms with Crippen molar-refractivity contribution in [2.75, 3.05) is 31.1 Å². The maximum Gasteiger partial charge on any atom is 0.241 e. The highest BCUT2D eigenvalue weighted by Crippen LogP contribution is 2.45. The number of carbonyl (C=O) groups is 3. The summed E-state index contributed by atoms with van der Waals surface area (Å²) in [6.07, 6.45) is 3.53. The van der Waals surface area contributed by atoms with Gasteiger partial charge in [0.15, 0.2) is 0 Å². The highest BCUT2D eigenvalue weighted by molar-refractivity contribution is 6.11. The van der Waals surface area contributed by atoms with Crippen molar-refractivity contribution >= 4 is 23.5 Å². The summed E-state index contributed by atoms with van der Waals surface area (Å²) in [5, 5.41) is 0. The van der Waals surface area contributed by atoms with Gasteiger partial charge < -0.3 is 9.80 Å². The number of carbonyl (C=O) groups excluding carboxylic acids is 3. The molecular weight excluding hydrogens is 464 g/mol. The first-order valence-electron chi connectivity index (χ1n) is 13.0. The largest absolute Gasteiger partial charge is 0.353 e. The van der Waals surface area contributed by atoms with Crippen molar-refractivity contribution in [3.05, 3.63) is 84.6 Å². The molecular formula is C30H30N4O3. The number of anilines is 1. The summed E-state index contributed by atoms with van der Waals surface area (Å²) in [5.74, 6) is 0.452. The van der Waals surface area contributed by atoms with Gasteiger partial charge >= 0.3 is 0 Å². The van der Waals surface area contributed by atoms with Gasteiger partial charge in [-0.15, -0.1) is 0 Å². The molecule has 1 saturated carbocycles. The molecule has 1 aliphatic carbocycles. The molecule has 3 heterocycles. The van der Waals surface area contributed by atoms with E-state index < -0.39 is 5.41 Å². The first-order chi connectivity index (χ1) is 18.0. The first-order valence-corrected chi connectivity index (χ1v) is 13.0. The number of imide groups is 1. The van der Waals surface area contributed by atoms with Crippen LogP contribution in [0, 0.1) is 0 Å². The highest BCUT2D eigenvalue weighted by atomic mass is 16.2. The number of hydrogen-bond acceptors (Lipinski definition) is 5. The van der Waals surface area contributed by atoms with Crippen LogP contribution in [0.2, 0.25) is 0 Å². The molecule has 7 nitrogen and oxygen atoms in total. The normalized spacial score (nSPS) is 22.0. The third kappa shape index (κ3) is 4.39. The SMILES string of the molecule is O=C(CC1(c2ccc(-c3ccccc3)cc2)CC(=O)N(C2CC2)C1=O)N1CCN(c2ccccn2)CC1. The van der Waals surface area contributed by atoms with Gasteiger partial charge in [0.1, 0.15) is 5.82 Å².